The van der Waals surface area contributed by atoms with Crippen LogP contribution in [0.1, 0.15) is 16.7 Å². The number of aromatic nitrogens is 3. The van der Waals surface area contributed by atoms with Gasteiger partial charge in [-0.05, 0) is 49.2 Å². The summed E-state index contributed by atoms with van der Waals surface area (Å²) in [5, 5.41) is 13.3. The van der Waals surface area contributed by atoms with Crippen LogP contribution < -0.4 is 0 Å². The van der Waals surface area contributed by atoms with Crippen molar-refractivity contribution in [2.45, 2.75) is 13.8 Å². The number of pyridine rings is 1. The third-order valence-electron chi connectivity index (χ3n) is 3.22. The molecule has 0 atom stereocenters. The van der Waals surface area contributed by atoms with Gasteiger partial charge in [-0.3, -0.25) is 0 Å². The van der Waals surface area contributed by atoms with Crippen LogP contribution in [0.15, 0.2) is 36.7 Å². The Labute approximate surface area is 111 Å². The fraction of sp³-hybridized carbons (Fsp3) is 0.133. The minimum Gasteiger partial charge on any atom is -0.215 e. The first kappa shape index (κ1) is 11.4. The molecule has 0 spiro atoms. The van der Waals surface area contributed by atoms with Crippen molar-refractivity contribution in [1.29, 1.82) is 5.26 Å². The molecule has 0 radical (unpaired) electrons. The molecule has 0 amide bonds. The summed E-state index contributed by atoms with van der Waals surface area (Å²) in [7, 11) is 0. The molecule has 0 fully saturated rings. The summed E-state index contributed by atoms with van der Waals surface area (Å²) in [4.78, 5) is 4.20. The highest BCUT2D eigenvalue weighted by Crippen LogP contribution is 2.28. The number of nitriles is 1. The number of benzene rings is 1. The summed E-state index contributed by atoms with van der Waals surface area (Å²) in [6, 6.07) is 11.9. The predicted octanol–water partition coefficient (Wildman–Crippen LogP) is 2.88. The van der Waals surface area contributed by atoms with Gasteiger partial charge in [-0.25, -0.2) is 9.50 Å². The topological polar surface area (TPSA) is 54.0 Å². The second-order valence-corrected chi connectivity index (χ2v) is 4.54. The summed E-state index contributed by atoms with van der Waals surface area (Å²) < 4.78 is 1.82. The minimum atomic E-state index is 0.685. The van der Waals surface area contributed by atoms with Crippen LogP contribution in [0.2, 0.25) is 0 Å². The Morgan fingerprint density at radius 1 is 1.16 bits per heavy atom. The lowest BCUT2D eigenvalue weighted by Gasteiger charge is -2.11. The van der Waals surface area contributed by atoms with Crippen molar-refractivity contribution >= 4 is 5.65 Å². The monoisotopic (exact) mass is 248 g/mol. The Bertz CT molecular complexity index is 785. The number of aryl methyl sites for hydroxylation is 2. The van der Waals surface area contributed by atoms with Crippen molar-refractivity contribution < 1.29 is 0 Å². The van der Waals surface area contributed by atoms with Gasteiger partial charge in [0.1, 0.15) is 6.33 Å². The van der Waals surface area contributed by atoms with Gasteiger partial charge in [0.25, 0.3) is 0 Å². The van der Waals surface area contributed by atoms with Crippen molar-refractivity contribution in [1.82, 2.24) is 14.6 Å². The van der Waals surface area contributed by atoms with Gasteiger partial charge in [-0.2, -0.15) is 10.4 Å². The van der Waals surface area contributed by atoms with E-state index in [0.29, 0.717) is 5.56 Å². The second kappa shape index (κ2) is 4.21. The maximum absolute atomic E-state index is 9.01. The molecule has 0 saturated carbocycles. The molecule has 0 aliphatic rings. The fourth-order valence-corrected chi connectivity index (χ4v) is 2.47. The van der Waals surface area contributed by atoms with Gasteiger partial charge in [0, 0.05) is 5.56 Å². The van der Waals surface area contributed by atoms with E-state index in [1.807, 2.05) is 48.7 Å². The van der Waals surface area contributed by atoms with Crippen LogP contribution >= 0.6 is 0 Å². The maximum Gasteiger partial charge on any atom is 0.155 e. The largest absolute Gasteiger partial charge is 0.215 e. The molecule has 0 N–H and O–H groups in total. The summed E-state index contributed by atoms with van der Waals surface area (Å²) in [6.07, 6.45) is 1.55. The van der Waals surface area contributed by atoms with E-state index >= 15 is 0 Å². The van der Waals surface area contributed by atoms with Crippen LogP contribution in [0.4, 0.5) is 0 Å². The molecule has 0 aliphatic heterocycles. The number of fused-ring (bicyclic) bond motifs is 1. The highest BCUT2D eigenvalue weighted by Gasteiger charge is 2.11. The average Bonchev–Trinajstić information content (AvgIpc) is 2.86. The van der Waals surface area contributed by atoms with E-state index in [9.17, 15) is 0 Å². The highest BCUT2D eigenvalue weighted by atomic mass is 15.3. The number of nitrogens with zero attached hydrogens (tertiary/aromatic N) is 4. The van der Waals surface area contributed by atoms with Gasteiger partial charge >= 0.3 is 0 Å². The highest BCUT2D eigenvalue weighted by molar-refractivity contribution is 5.71. The Kier molecular flexibility index (Phi) is 2.53. The molecule has 2 heterocycles. The minimum absolute atomic E-state index is 0.685. The summed E-state index contributed by atoms with van der Waals surface area (Å²) >= 11 is 0. The molecule has 4 heteroatoms. The number of hydrogen-bond donors (Lipinski definition) is 0. The van der Waals surface area contributed by atoms with Gasteiger partial charge in [-0.15, -0.1) is 0 Å². The van der Waals surface area contributed by atoms with E-state index < -0.39 is 0 Å². The second-order valence-electron chi connectivity index (χ2n) is 4.54. The van der Waals surface area contributed by atoms with Crippen LogP contribution in [0.3, 0.4) is 0 Å². The first-order valence-corrected chi connectivity index (χ1v) is 6.01. The zero-order valence-corrected chi connectivity index (χ0v) is 10.8. The normalized spacial score (nSPS) is 10.6. The van der Waals surface area contributed by atoms with Crippen molar-refractivity contribution in [3.63, 3.8) is 0 Å². The fourth-order valence-electron chi connectivity index (χ4n) is 2.47. The Balaban J connectivity index is 2.34. The van der Waals surface area contributed by atoms with Gasteiger partial charge in [-0.1, -0.05) is 6.07 Å². The molecule has 0 saturated heterocycles. The summed E-state index contributed by atoms with van der Waals surface area (Å²) in [5.74, 6) is 0. The first-order valence-electron chi connectivity index (χ1n) is 6.01. The van der Waals surface area contributed by atoms with Crippen LogP contribution in [-0.4, -0.2) is 14.6 Å². The lowest BCUT2D eigenvalue weighted by molar-refractivity contribution is 0.966. The average molecular weight is 248 g/mol. The van der Waals surface area contributed by atoms with Crippen molar-refractivity contribution in [2.24, 2.45) is 0 Å². The third-order valence-corrected chi connectivity index (χ3v) is 3.22. The molecule has 0 unspecified atom stereocenters. The molecule has 3 rings (SSSR count). The van der Waals surface area contributed by atoms with Gasteiger partial charge in [0.2, 0.25) is 0 Å². The molecule has 1 aromatic carbocycles. The molecule has 92 valence electrons. The third kappa shape index (κ3) is 1.76. The van der Waals surface area contributed by atoms with E-state index in [2.05, 4.69) is 16.2 Å². The SMILES string of the molecule is Cc1cc(C#N)cc(C)c1-c1cccc2ncnn12. The van der Waals surface area contributed by atoms with Crippen LogP contribution in [0, 0.1) is 25.2 Å². The zero-order chi connectivity index (χ0) is 13.4. The van der Waals surface area contributed by atoms with E-state index in [1.165, 1.54) is 0 Å². The van der Waals surface area contributed by atoms with Crippen molar-refractivity contribution in [2.75, 3.05) is 0 Å². The van der Waals surface area contributed by atoms with Gasteiger partial charge < -0.3 is 0 Å². The molecule has 2 aromatic heterocycles. The van der Waals surface area contributed by atoms with E-state index in [4.69, 9.17) is 5.26 Å². The predicted molar refractivity (Wildman–Crippen MR) is 72.6 cm³/mol. The molecule has 19 heavy (non-hydrogen) atoms. The Morgan fingerprint density at radius 2 is 1.89 bits per heavy atom. The lowest BCUT2D eigenvalue weighted by atomic mass is 9.97. The smallest absolute Gasteiger partial charge is 0.155 e. The lowest BCUT2D eigenvalue weighted by Crippen LogP contribution is -1.98. The Morgan fingerprint density at radius 3 is 2.58 bits per heavy atom. The van der Waals surface area contributed by atoms with E-state index in [-0.39, 0.29) is 0 Å². The van der Waals surface area contributed by atoms with Crippen LogP contribution in [0.5, 0.6) is 0 Å². The molecule has 4 nitrogen and oxygen atoms in total. The molecule has 3 aromatic rings. The Hall–Kier alpha value is -2.67. The standard InChI is InChI=1S/C15H12N4/c1-10-6-12(8-16)7-11(2)15(10)13-4-3-5-14-17-9-18-19(13)14/h3-7,9H,1-2H3. The quantitative estimate of drug-likeness (QED) is 0.665. The molecular formula is C15H12N4. The van der Waals surface area contributed by atoms with E-state index in [1.54, 1.807) is 6.33 Å². The number of rotatable bonds is 1. The summed E-state index contributed by atoms with van der Waals surface area (Å²) in [6.45, 7) is 4.03. The van der Waals surface area contributed by atoms with E-state index in [0.717, 1.165) is 28.0 Å². The van der Waals surface area contributed by atoms with Gasteiger partial charge in [0.15, 0.2) is 5.65 Å². The van der Waals surface area contributed by atoms with Crippen LogP contribution in [0.25, 0.3) is 16.9 Å². The zero-order valence-electron chi connectivity index (χ0n) is 10.8. The van der Waals surface area contributed by atoms with Gasteiger partial charge in [0.05, 0.1) is 17.3 Å². The first-order chi connectivity index (χ1) is 9.20. The van der Waals surface area contributed by atoms with Crippen molar-refractivity contribution in [3.05, 3.63) is 53.3 Å². The molecule has 0 aliphatic carbocycles. The van der Waals surface area contributed by atoms with Crippen molar-refractivity contribution in [3.8, 4) is 17.3 Å². The molecule has 0 bridgehead atoms. The maximum atomic E-state index is 9.01. The molecular weight excluding hydrogens is 236 g/mol. The number of hydrogen-bond acceptors (Lipinski definition) is 3. The summed E-state index contributed by atoms with van der Waals surface area (Å²) in [5.41, 5.74) is 5.74. The van der Waals surface area contributed by atoms with Crippen LogP contribution in [-0.2, 0) is 0 Å².